The number of ether oxygens (including phenoxy) is 3. The lowest BCUT2D eigenvalue weighted by molar-refractivity contribution is -0.167. The second-order valence-corrected chi connectivity index (χ2v) is 18.1. The summed E-state index contributed by atoms with van der Waals surface area (Å²) in [4.78, 5) is 38.0. The highest BCUT2D eigenvalue weighted by Crippen LogP contribution is 2.16. The fourth-order valence-electron chi connectivity index (χ4n) is 7.75. The van der Waals surface area contributed by atoms with Crippen LogP contribution in [0.2, 0.25) is 0 Å². The molecule has 0 heterocycles. The molecule has 0 N–H and O–H groups in total. The van der Waals surface area contributed by atoms with E-state index in [9.17, 15) is 14.4 Å². The molecule has 0 aliphatic carbocycles. The van der Waals surface area contributed by atoms with Crippen LogP contribution in [0.4, 0.5) is 0 Å². The van der Waals surface area contributed by atoms with Gasteiger partial charge in [-0.3, -0.25) is 14.4 Å². The van der Waals surface area contributed by atoms with Crippen molar-refractivity contribution in [3.8, 4) is 0 Å². The molecule has 6 nitrogen and oxygen atoms in total. The molecule has 1 unspecified atom stereocenters. The molecule has 6 heteroatoms. The van der Waals surface area contributed by atoms with Crippen LogP contribution in [-0.2, 0) is 28.6 Å². The summed E-state index contributed by atoms with van der Waals surface area (Å²) < 4.78 is 16.8. The van der Waals surface area contributed by atoms with Crippen LogP contribution in [-0.4, -0.2) is 37.2 Å². The van der Waals surface area contributed by atoms with E-state index in [-0.39, 0.29) is 31.1 Å². The Balaban J connectivity index is 4.36. The Morgan fingerprint density at radius 1 is 0.333 bits per heavy atom. The van der Waals surface area contributed by atoms with E-state index in [2.05, 4.69) is 69.4 Å². The first kappa shape index (κ1) is 60.4. The van der Waals surface area contributed by atoms with Crippen LogP contribution >= 0.6 is 0 Å². The largest absolute Gasteiger partial charge is 0.462 e. The molecule has 0 spiro atoms. The predicted octanol–water partition coefficient (Wildman–Crippen LogP) is 17.9. The van der Waals surface area contributed by atoms with Crippen LogP contribution in [0.5, 0.6) is 0 Å². The molecule has 0 aromatic rings. The van der Waals surface area contributed by atoms with Crippen molar-refractivity contribution in [1.29, 1.82) is 0 Å². The standard InChI is InChI=1S/C57H102O6/c1-4-7-10-13-16-19-22-25-27-28-29-30-33-35-38-41-44-47-50-56(59)62-53-54(52-61-55(58)49-46-43-40-37-34-31-24-21-18-15-12-9-6-3)63-57(60)51-48-45-42-39-36-32-26-23-20-17-14-11-8-5-2/h8,11,17,20,26,31-32,34,54H,4-7,9-10,12-16,18-19,21-25,27-30,33,35-53H2,1-3H3/b11-8-,20-17-,32-26-,34-31-. The first-order valence-electron chi connectivity index (χ1n) is 27.1. The topological polar surface area (TPSA) is 78.9 Å². The van der Waals surface area contributed by atoms with Crippen molar-refractivity contribution in [2.24, 2.45) is 0 Å². The highest BCUT2D eigenvalue weighted by molar-refractivity contribution is 5.71. The van der Waals surface area contributed by atoms with Gasteiger partial charge in [0, 0.05) is 19.3 Å². The van der Waals surface area contributed by atoms with E-state index in [0.29, 0.717) is 19.3 Å². The van der Waals surface area contributed by atoms with Gasteiger partial charge in [-0.05, 0) is 77.0 Å². The number of hydrogen-bond acceptors (Lipinski definition) is 6. The van der Waals surface area contributed by atoms with Gasteiger partial charge in [0.2, 0.25) is 0 Å². The summed E-state index contributed by atoms with van der Waals surface area (Å²) in [5.41, 5.74) is 0. The second-order valence-electron chi connectivity index (χ2n) is 18.1. The zero-order valence-electron chi connectivity index (χ0n) is 41.8. The van der Waals surface area contributed by atoms with Gasteiger partial charge in [-0.1, -0.05) is 230 Å². The summed E-state index contributed by atoms with van der Waals surface area (Å²) >= 11 is 0. The lowest BCUT2D eigenvalue weighted by Crippen LogP contribution is -2.30. The molecule has 0 saturated carbocycles. The Hall–Kier alpha value is -2.63. The summed E-state index contributed by atoms with van der Waals surface area (Å²) in [6.45, 7) is 6.51. The van der Waals surface area contributed by atoms with Gasteiger partial charge in [-0.15, -0.1) is 0 Å². The average molecular weight is 883 g/mol. The van der Waals surface area contributed by atoms with Gasteiger partial charge >= 0.3 is 17.9 Å². The molecule has 63 heavy (non-hydrogen) atoms. The number of allylic oxidation sites excluding steroid dienone is 8. The van der Waals surface area contributed by atoms with Crippen LogP contribution in [0.3, 0.4) is 0 Å². The molecule has 0 rings (SSSR count). The molecule has 366 valence electrons. The summed E-state index contributed by atoms with van der Waals surface area (Å²) in [6, 6.07) is 0. The molecule has 0 radical (unpaired) electrons. The second kappa shape index (κ2) is 52.0. The lowest BCUT2D eigenvalue weighted by Gasteiger charge is -2.18. The highest BCUT2D eigenvalue weighted by Gasteiger charge is 2.19. The summed E-state index contributed by atoms with van der Waals surface area (Å²) in [5.74, 6) is -0.913. The van der Waals surface area contributed by atoms with Crippen molar-refractivity contribution in [2.45, 2.75) is 284 Å². The maximum absolute atomic E-state index is 12.8. The number of carbonyl (C=O) groups excluding carboxylic acids is 3. The number of rotatable bonds is 49. The Morgan fingerprint density at radius 3 is 1.00 bits per heavy atom. The minimum absolute atomic E-state index is 0.0844. The van der Waals surface area contributed by atoms with Crippen molar-refractivity contribution >= 4 is 17.9 Å². The van der Waals surface area contributed by atoms with Crippen molar-refractivity contribution < 1.29 is 28.6 Å². The predicted molar refractivity (Wildman–Crippen MR) is 270 cm³/mol. The Bertz CT molecular complexity index is 1110. The summed E-state index contributed by atoms with van der Waals surface area (Å²) in [6.07, 6.45) is 62.4. The molecule has 0 aliphatic heterocycles. The Morgan fingerprint density at radius 2 is 0.619 bits per heavy atom. The lowest BCUT2D eigenvalue weighted by atomic mass is 10.0. The third kappa shape index (κ3) is 50.2. The van der Waals surface area contributed by atoms with Crippen molar-refractivity contribution in [3.05, 3.63) is 48.6 Å². The molecule has 0 amide bonds. The number of carbonyl (C=O) groups is 3. The Kier molecular flexibility index (Phi) is 49.8. The average Bonchev–Trinajstić information content (AvgIpc) is 3.28. The van der Waals surface area contributed by atoms with E-state index in [1.54, 1.807) is 0 Å². The van der Waals surface area contributed by atoms with E-state index in [1.807, 2.05) is 0 Å². The molecule has 0 fully saturated rings. The van der Waals surface area contributed by atoms with Gasteiger partial charge in [0.05, 0.1) is 0 Å². The van der Waals surface area contributed by atoms with Crippen molar-refractivity contribution in [1.82, 2.24) is 0 Å². The van der Waals surface area contributed by atoms with E-state index >= 15 is 0 Å². The molecular weight excluding hydrogens is 781 g/mol. The van der Waals surface area contributed by atoms with Gasteiger partial charge < -0.3 is 14.2 Å². The normalized spacial score (nSPS) is 12.4. The van der Waals surface area contributed by atoms with Gasteiger partial charge in [-0.25, -0.2) is 0 Å². The maximum atomic E-state index is 12.8. The maximum Gasteiger partial charge on any atom is 0.306 e. The van der Waals surface area contributed by atoms with Gasteiger partial charge in [0.15, 0.2) is 6.10 Å². The van der Waals surface area contributed by atoms with E-state index < -0.39 is 6.10 Å². The molecule has 0 aromatic carbocycles. The van der Waals surface area contributed by atoms with Gasteiger partial charge in [-0.2, -0.15) is 0 Å². The Labute approximate surface area is 390 Å². The van der Waals surface area contributed by atoms with E-state index in [1.165, 1.54) is 135 Å². The zero-order valence-corrected chi connectivity index (χ0v) is 41.8. The SMILES string of the molecule is CC/C=C\C/C=C\C/C=C\CCCCCCC(=O)OC(COC(=O)CCCCC/C=C\CCCCCCCC)COC(=O)CCCCCCCCCCCCCCCCCCCC. The van der Waals surface area contributed by atoms with E-state index in [4.69, 9.17) is 14.2 Å². The van der Waals surface area contributed by atoms with Crippen LogP contribution in [0.1, 0.15) is 278 Å². The first-order chi connectivity index (χ1) is 31.0. The molecule has 0 aromatic heterocycles. The fourth-order valence-corrected chi connectivity index (χ4v) is 7.75. The molecule has 1 atom stereocenters. The van der Waals surface area contributed by atoms with Crippen LogP contribution in [0.15, 0.2) is 48.6 Å². The molecule has 0 saturated heterocycles. The van der Waals surface area contributed by atoms with Crippen LogP contribution in [0.25, 0.3) is 0 Å². The number of hydrogen-bond donors (Lipinski definition) is 0. The first-order valence-corrected chi connectivity index (χ1v) is 27.1. The molecular formula is C57H102O6. The molecule has 0 bridgehead atoms. The van der Waals surface area contributed by atoms with Gasteiger partial charge in [0.25, 0.3) is 0 Å². The van der Waals surface area contributed by atoms with Gasteiger partial charge in [0.1, 0.15) is 13.2 Å². The van der Waals surface area contributed by atoms with Crippen LogP contribution < -0.4 is 0 Å². The molecule has 0 aliphatic rings. The third-order valence-electron chi connectivity index (χ3n) is 11.8. The zero-order chi connectivity index (χ0) is 45.8. The quantitative estimate of drug-likeness (QED) is 0.0262. The third-order valence-corrected chi connectivity index (χ3v) is 11.8. The monoisotopic (exact) mass is 883 g/mol. The highest BCUT2D eigenvalue weighted by atomic mass is 16.6. The van der Waals surface area contributed by atoms with Crippen LogP contribution in [0, 0.1) is 0 Å². The number of esters is 3. The number of unbranched alkanes of at least 4 members (excludes halogenated alkanes) is 30. The minimum atomic E-state index is -0.788. The summed E-state index contributed by atoms with van der Waals surface area (Å²) in [7, 11) is 0. The fraction of sp³-hybridized carbons (Fsp3) is 0.807. The van der Waals surface area contributed by atoms with E-state index in [0.717, 1.165) is 103 Å². The minimum Gasteiger partial charge on any atom is -0.462 e. The van der Waals surface area contributed by atoms with Crippen molar-refractivity contribution in [3.63, 3.8) is 0 Å². The van der Waals surface area contributed by atoms with Crippen molar-refractivity contribution in [2.75, 3.05) is 13.2 Å². The smallest absolute Gasteiger partial charge is 0.306 e. The summed E-state index contributed by atoms with van der Waals surface area (Å²) in [5, 5.41) is 0.